The summed E-state index contributed by atoms with van der Waals surface area (Å²) in [6.07, 6.45) is 7.11. The van der Waals surface area contributed by atoms with Gasteiger partial charge in [-0.05, 0) is 55.3 Å². The summed E-state index contributed by atoms with van der Waals surface area (Å²) >= 11 is 0. The summed E-state index contributed by atoms with van der Waals surface area (Å²) in [6.45, 7) is 7.25. The second-order valence-electron chi connectivity index (χ2n) is 7.25. The molecule has 1 saturated carbocycles. The van der Waals surface area contributed by atoms with Crippen molar-refractivity contribution in [3.63, 3.8) is 0 Å². The summed E-state index contributed by atoms with van der Waals surface area (Å²) in [5, 5.41) is 6.60. The van der Waals surface area contributed by atoms with E-state index in [-0.39, 0.29) is 36.6 Å². The monoisotopic (exact) mass is 373 g/mol. The first-order valence-electron chi connectivity index (χ1n) is 8.51. The van der Waals surface area contributed by atoms with Gasteiger partial charge in [0.2, 0.25) is 5.91 Å². The van der Waals surface area contributed by atoms with Crippen molar-refractivity contribution in [2.75, 3.05) is 19.6 Å². The second kappa shape index (κ2) is 9.02. The molecule has 2 unspecified atom stereocenters. The average Bonchev–Trinajstić information content (AvgIpc) is 3.22. The minimum absolute atomic E-state index is 0. The molecule has 2 heterocycles. The minimum atomic E-state index is 0. The van der Waals surface area contributed by atoms with E-state index in [4.69, 9.17) is 0 Å². The van der Waals surface area contributed by atoms with Crippen LogP contribution in [0.2, 0.25) is 0 Å². The van der Waals surface area contributed by atoms with Gasteiger partial charge >= 0.3 is 0 Å². The predicted octanol–water partition coefficient (Wildman–Crippen LogP) is 3.17. The van der Waals surface area contributed by atoms with Gasteiger partial charge in [0.05, 0.1) is 0 Å². The van der Waals surface area contributed by atoms with Crippen LogP contribution < -0.4 is 10.6 Å². The minimum Gasteiger partial charge on any atom is -0.355 e. The number of hydrogen-bond acceptors (Lipinski definition) is 3. The number of amides is 1. The number of rotatable bonds is 5. The third-order valence-electron chi connectivity index (χ3n) is 5.52. The Bertz CT molecular complexity index is 518. The summed E-state index contributed by atoms with van der Waals surface area (Å²) in [5.74, 6) is 1.32. The van der Waals surface area contributed by atoms with Gasteiger partial charge in [-0.25, -0.2) is 0 Å². The molecule has 1 aliphatic heterocycles. The number of pyridine rings is 1. The number of halogens is 2. The lowest BCUT2D eigenvalue weighted by atomic mass is 9.89. The van der Waals surface area contributed by atoms with Crippen LogP contribution in [0.25, 0.3) is 0 Å². The first kappa shape index (κ1) is 21.2. The van der Waals surface area contributed by atoms with Crippen molar-refractivity contribution < 1.29 is 4.79 Å². The maximum atomic E-state index is 12.5. The van der Waals surface area contributed by atoms with Gasteiger partial charge in [-0.3, -0.25) is 9.78 Å². The molecule has 2 aliphatic rings. The van der Waals surface area contributed by atoms with Crippen molar-refractivity contribution in [3.05, 3.63) is 30.1 Å². The van der Waals surface area contributed by atoms with Gasteiger partial charge in [0, 0.05) is 30.8 Å². The fraction of sp³-hybridized carbons (Fsp3) is 0.667. The fourth-order valence-corrected chi connectivity index (χ4v) is 3.86. The topological polar surface area (TPSA) is 54.0 Å². The molecule has 1 aliphatic carbocycles. The summed E-state index contributed by atoms with van der Waals surface area (Å²) in [7, 11) is 0. The Morgan fingerprint density at radius 1 is 1.38 bits per heavy atom. The zero-order valence-corrected chi connectivity index (χ0v) is 16.1. The van der Waals surface area contributed by atoms with Crippen LogP contribution in [0.4, 0.5) is 0 Å². The van der Waals surface area contributed by atoms with Crippen molar-refractivity contribution in [2.24, 2.45) is 17.3 Å². The molecule has 2 atom stereocenters. The van der Waals surface area contributed by atoms with E-state index in [0.717, 1.165) is 32.4 Å². The molecule has 1 spiro atoms. The normalized spacial score (nSPS) is 22.2. The highest BCUT2D eigenvalue weighted by Gasteiger charge is 2.57. The first-order valence-corrected chi connectivity index (χ1v) is 8.51. The van der Waals surface area contributed by atoms with Crippen molar-refractivity contribution in [1.29, 1.82) is 0 Å². The lowest BCUT2D eigenvalue weighted by Gasteiger charge is -2.24. The molecule has 24 heavy (non-hydrogen) atoms. The van der Waals surface area contributed by atoms with Crippen LogP contribution in [0.15, 0.2) is 24.5 Å². The van der Waals surface area contributed by atoms with Gasteiger partial charge < -0.3 is 10.6 Å². The Morgan fingerprint density at radius 3 is 2.67 bits per heavy atom. The number of carbonyl (C=O) groups excluding carboxylic acids is 1. The molecule has 0 radical (unpaired) electrons. The van der Waals surface area contributed by atoms with Gasteiger partial charge in [0.15, 0.2) is 0 Å². The number of carbonyl (C=O) groups is 1. The Labute approximate surface area is 157 Å². The van der Waals surface area contributed by atoms with Gasteiger partial charge in [0.25, 0.3) is 0 Å². The van der Waals surface area contributed by atoms with Crippen LogP contribution >= 0.6 is 24.8 Å². The molecule has 2 N–H and O–H groups in total. The van der Waals surface area contributed by atoms with Gasteiger partial charge in [0.1, 0.15) is 0 Å². The number of hydrogen-bond donors (Lipinski definition) is 2. The van der Waals surface area contributed by atoms with E-state index >= 15 is 0 Å². The molecule has 1 saturated heterocycles. The van der Waals surface area contributed by atoms with E-state index < -0.39 is 0 Å². The van der Waals surface area contributed by atoms with Crippen LogP contribution in [0.5, 0.6) is 0 Å². The smallest absolute Gasteiger partial charge is 0.223 e. The zero-order valence-electron chi connectivity index (χ0n) is 14.5. The molecule has 1 aromatic rings. The molecule has 0 bridgehead atoms. The van der Waals surface area contributed by atoms with Gasteiger partial charge in [-0.2, -0.15) is 0 Å². The molecule has 1 aromatic heterocycles. The predicted molar refractivity (Wildman–Crippen MR) is 102 cm³/mol. The highest BCUT2D eigenvalue weighted by molar-refractivity contribution is 5.85. The van der Waals surface area contributed by atoms with E-state index in [2.05, 4.69) is 35.5 Å². The molecule has 6 heteroatoms. The maximum Gasteiger partial charge on any atom is 0.223 e. The Hall–Kier alpha value is -0.840. The molecule has 1 amide bonds. The average molecular weight is 374 g/mol. The van der Waals surface area contributed by atoms with E-state index in [1.54, 1.807) is 6.20 Å². The highest BCUT2D eigenvalue weighted by Crippen LogP contribution is 2.58. The molecular weight excluding hydrogens is 345 g/mol. The summed E-state index contributed by atoms with van der Waals surface area (Å²) in [4.78, 5) is 16.7. The largest absolute Gasteiger partial charge is 0.355 e. The quantitative estimate of drug-likeness (QED) is 0.833. The number of nitrogens with one attached hydrogen (secondary N) is 2. The first-order chi connectivity index (χ1) is 10.6. The van der Waals surface area contributed by atoms with Gasteiger partial charge in [-0.1, -0.05) is 19.9 Å². The molecular formula is C18H29Cl2N3O. The molecule has 4 nitrogen and oxygen atoms in total. The highest BCUT2D eigenvalue weighted by atomic mass is 35.5. The summed E-state index contributed by atoms with van der Waals surface area (Å²) < 4.78 is 0. The third kappa shape index (κ3) is 4.62. The lowest BCUT2D eigenvalue weighted by molar-refractivity contribution is -0.123. The van der Waals surface area contributed by atoms with Crippen molar-refractivity contribution in [1.82, 2.24) is 15.6 Å². The molecule has 136 valence electrons. The van der Waals surface area contributed by atoms with E-state index in [1.165, 1.54) is 5.56 Å². The van der Waals surface area contributed by atoms with E-state index in [1.807, 2.05) is 12.3 Å². The summed E-state index contributed by atoms with van der Waals surface area (Å²) in [5.41, 5.74) is 1.53. The van der Waals surface area contributed by atoms with Crippen LogP contribution in [0, 0.1) is 17.3 Å². The third-order valence-corrected chi connectivity index (χ3v) is 5.52. The standard InChI is InChI=1S/C18H27N3O.2ClH/c1-13(2)15(14-4-3-7-20-11-14)12-21-17(22)16-10-18(16)5-8-19-9-6-18;;/h3-4,7,11,13,15-16,19H,5-6,8-10,12H2,1-2H3,(H,21,22);2*1H. The molecule has 2 fully saturated rings. The molecule has 3 rings (SSSR count). The molecule has 0 aromatic carbocycles. The second-order valence-corrected chi connectivity index (χ2v) is 7.25. The lowest BCUT2D eigenvalue weighted by Crippen LogP contribution is -2.35. The Morgan fingerprint density at radius 2 is 2.08 bits per heavy atom. The van der Waals surface area contributed by atoms with E-state index in [0.29, 0.717) is 23.8 Å². The van der Waals surface area contributed by atoms with Crippen LogP contribution in [-0.4, -0.2) is 30.5 Å². The Balaban J connectivity index is 0.00000144. The summed E-state index contributed by atoms with van der Waals surface area (Å²) in [6, 6.07) is 4.08. The zero-order chi connectivity index (χ0) is 15.6. The van der Waals surface area contributed by atoms with Gasteiger partial charge in [-0.15, -0.1) is 24.8 Å². The van der Waals surface area contributed by atoms with Crippen LogP contribution in [0.3, 0.4) is 0 Å². The number of nitrogens with zero attached hydrogens (tertiary/aromatic N) is 1. The van der Waals surface area contributed by atoms with Crippen molar-refractivity contribution in [3.8, 4) is 0 Å². The van der Waals surface area contributed by atoms with E-state index in [9.17, 15) is 4.79 Å². The van der Waals surface area contributed by atoms with Crippen molar-refractivity contribution in [2.45, 2.75) is 39.0 Å². The number of piperidine rings is 1. The number of aromatic nitrogens is 1. The maximum absolute atomic E-state index is 12.5. The Kier molecular flexibility index (Phi) is 7.97. The van der Waals surface area contributed by atoms with Crippen molar-refractivity contribution >= 4 is 30.7 Å². The van der Waals surface area contributed by atoms with Crippen LogP contribution in [0.1, 0.15) is 44.6 Å². The van der Waals surface area contributed by atoms with Crippen LogP contribution in [-0.2, 0) is 4.79 Å². The fourth-order valence-electron chi connectivity index (χ4n) is 3.86. The SMILES string of the molecule is CC(C)C(CNC(=O)C1CC12CCNCC2)c1cccnc1.Cl.Cl.